The van der Waals surface area contributed by atoms with Crippen LogP contribution in [0.2, 0.25) is 0 Å². The molecule has 2 fully saturated rings. The molecule has 3 aliphatic carbocycles. The summed E-state index contributed by atoms with van der Waals surface area (Å²) in [5.74, 6) is 7.59. The fourth-order valence-corrected chi connectivity index (χ4v) is 7.35. The van der Waals surface area contributed by atoms with Crippen LogP contribution in [0, 0.1) is 17.8 Å². The second kappa shape index (κ2) is 14.1. The maximum absolute atomic E-state index is 14.6. The van der Waals surface area contributed by atoms with Crippen LogP contribution in [-0.4, -0.2) is 46.5 Å². The van der Waals surface area contributed by atoms with Gasteiger partial charge >= 0.3 is 0 Å². The van der Waals surface area contributed by atoms with Gasteiger partial charge in [-0.3, -0.25) is 14.6 Å². The number of hydrogen-bond donors (Lipinski definition) is 4. The van der Waals surface area contributed by atoms with Crippen molar-refractivity contribution in [1.29, 1.82) is 0 Å². The third-order valence-corrected chi connectivity index (χ3v) is 10.2. The van der Waals surface area contributed by atoms with E-state index in [4.69, 9.17) is 21.3 Å². The third-order valence-electron chi connectivity index (χ3n) is 10.2. The molecule has 1 heterocycles. The number of benzene rings is 2. The second-order valence-corrected chi connectivity index (χ2v) is 13.6. The molecular weight excluding hydrogens is 590 g/mol. The van der Waals surface area contributed by atoms with Gasteiger partial charge < -0.3 is 20.7 Å². The first-order valence-electron chi connectivity index (χ1n) is 16.9. The van der Waals surface area contributed by atoms with Crippen LogP contribution in [0.3, 0.4) is 0 Å². The van der Waals surface area contributed by atoms with Gasteiger partial charge in [-0.1, -0.05) is 56.3 Å². The Morgan fingerprint density at radius 2 is 1.74 bits per heavy atom. The van der Waals surface area contributed by atoms with E-state index >= 15 is 0 Å². The van der Waals surface area contributed by atoms with Crippen LogP contribution in [0.5, 0.6) is 5.75 Å². The summed E-state index contributed by atoms with van der Waals surface area (Å²) in [5, 5.41) is 6.49. The molecule has 10 nitrogen and oxygen atoms in total. The number of rotatable bonds is 12. The lowest BCUT2D eigenvalue weighted by molar-refractivity contribution is -0.132. The highest BCUT2D eigenvalue weighted by Gasteiger charge is 2.55. The van der Waals surface area contributed by atoms with Gasteiger partial charge in [-0.2, -0.15) is 5.10 Å². The predicted octanol–water partition coefficient (Wildman–Crippen LogP) is 4.72. The minimum atomic E-state index is -0.552. The van der Waals surface area contributed by atoms with Crippen LogP contribution in [-0.2, 0) is 16.2 Å². The number of aliphatic imine (C=N–C) groups is 1. The molecule has 0 unspecified atom stereocenters. The smallest absolute Gasteiger partial charge is 0.275 e. The molecule has 1 aliphatic heterocycles. The van der Waals surface area contributed by atoms with Crippen LogP contribution < -0.4 is 27.2 Å². The van der Waals surface area contributed by atoms with E-state index in [0.29, 0.717) is 48.5 Å². The van der Waals surface area contributed by atoms with E-state index in [-0.39, 0.29) is 30.2 Å². The molecule has 0 bridgehead atoms. The van der Waals surface area contributed by atoms with Gasteiger partial charge in [0.1, 0.15) is 29.6 Å². The minimum absolute atomic E-state index is 0.0135. The fourth-order valence-electron chi connectivity index (χ4n) is 7.35. The first kappa shape index (κ1) is 32.5. The molecule has 248 valence electrons. The van der Waals surface area contributed by atoms with Crippen molar-refractivity contribution < 1.29 is 14.3 Å². The minimum Gasteiger partial charge on any atom is -0.489 e. The van der Waals surface area contributed by atoms with Gasteiger partial charge in [0, 0.05) is 11.1 Å². The molecule has 6 rings (SSSR count). The summed E-state index contributed by atoms with van der Waals surface area (Å²) < 4.78 is 6.03. The third kappa shape index (κ3) is 7.27. The molecule has 1 spiro atoms. The first-order chi connectivity index (χ1) is 22.8. The maximum Gasteiger partial charge on any atom is 0.275 e. The number of hydrazone groups is 1. The standard InChI is InChI=1S/C37H47N7O3/c1-24(2)26-18-20-37(21-19-26)41-33(27-14-16-31(17-15-27)47-23-25-6-4-3-5-7-25)36(46)44(37)34(28-8-9-28)29-10-12-30(13-11-29)35(45)40-22-32(38)42-43-39/h3-7,10,12,14-17,24,26,28,34,43H,8-9,11,13,18-23,39H2,1-2H3,(H2,38,42)(H,40,45)/t26?,34-,37?/m1/s1. The summed E-state index contributed by atoms with van der Waals surface area (Å²) in [6.07, 6.45) is 11.3. The first-order valence-corrected chi connectivity index (χ1v) is 16.9. The topological polar surface area (TPSA) is 147 Å². The highest BCUT2D eigenvalue weighted by atomic mass is 16.5. The average Bonchev–Trinajstić information content (AvgIpc) is 3.90. The Morgan fingerprint density at radius 1 is 1.02 bits per heavy atom. The molecule has 2 aromatic carbocycles. The highest BCUT2D eigenvalue weighted by molar-refractivity contribution is 6.46. The predicted molar refractivity (Wildman–Crippen MR) is 184 cm³/mol. The molecule has 2 saturated carbocycles. The molecule has 0 saturated heterocycles. The molecule has 10 heteroatoms. The number of hydrazine groups is 1. The average molecular weight is 638 g/mol. The number of nitrogens with two attached hydrogens (primary N) is 2. The number of nitrogens with one attached hydrogen (secondary N) is 2. The van der Waals surface area contributed by atoms with Crippen LogP contribution in [0.15, 0.2) is 88.0 Å². The molecule has 1 atom stereocenters. The van der Waals surface area contributed by atoms with Crippen molar-refractivity contribution in [2.24, 2.45) is 39.4 Å². The van der Waals surface area contributed by atoms with E-state index in [1.54, 1.807) is 0 Å². The summed E-state index contributed by atoms with van der Waals surface area (Å²) in [6, 6.07) is 17.8. The zero-order valence-electron chi connectivity index (χ0n) is 27.5. The van der Waals surface area contributed by atoms with Crippen molar-refractivity contribution in [1.82, 2.24) is 15.8 Å². The van der Waals surface area contributed by atoms with E-state index in [2.05, 4.69) is 40.8 Å². The van der Waals surface area contributed by atoms with Crippen LogP contribution in [0.4, 0.5) is 0 Å². The van der Waals surface area contributed by atoms with Crippen LogP contribution in [0.1, 0.15) is 76.3 Å². The van der Waals surface area contributed by atoms with Gasteiger partial charge in [0.2, 0.25) is 5.91 Å². The SMILES string of the molecule is CC(C)C1CCC2(CC1)N=C(c1ccc(OCc3ccccc3)cc1)C(=O)N2[C@@H](C1=CC=C(C(=O)NC/C(N)=N/NN)CC1)C1CC1. The fraction of sp³-hybridized carbons (Fsp3) is 0.459. The van der Waals surface area contributed by atoms with Crippen molar-refractivity contribution in [3.63, 3.8) is 0 Å². The van der Waals surface area contributed by atoms with Crippen molar-refractivity contribution in [3.05, 3.63) is 89.0 Å². The Balaban J connectivity index is 1.25. The zero-order valence-corrected chi connectivity index (χ0v) is 27.5. The van der Waals surface area contributed by atoms with Gasteiger partial charge in [-0.25, -0.2) is 11.4 Å². The van der Waals surface area contributed by atoms with Gasteiger partial charge in [0.15, 0.2) is 0 Å². The molecule has 6 N–H and O–H groups in total. The molecule has 0 radical (unpaired) electrons. The van der Waals surface area contributed by atoms with Crippen molar-refractivity contribution >= 4 is 23.4 Å². The molecule has 2 amide bonds. The molecular formula is C37H47N7O3. The highest BCUT2D eigenvalue weighted by Crippen LogP contribution is 2.50. The van der Waals surface area contributed by atoms with Crippen molar-refractivity contribution in [2.45, 2.75) is 83.5 Å². The quantitative estimate of drug-likeness (QED) is 0.115. The number of allylic oxidation sites excluding steroid dienone is 2. The Labute approximate surface area is 277 Å². The Kier molecular flexibility index (Phi) is 9.77. The Morgan fingerprint density at radius 3 is 2.36 bits per heavy atom. The van der Waals surface area contributed by atoms with E-state index in [0.717, 1.165) is 55.4 Å². The summed E-state index contributed by atoms with van der Waals surface area (Å²) in [5.41, 5.74) is 11.7. The lowest BCUT2D eigenvalue weighted by atomic mass is 9.75. The normalized spacial score (nSPS) is 23.7. The van der Waals surface area contributed by atoms with E-state index in [1.165, 1.54) is 5.57 Å². The number of carbonyl (C=O) groups excluding carboxylic acids is 2. The lowest BCUT2D eigenvalue weighted by Gasteiger charge is -2.47. The van der Waals surface area contributed by atoms with Gasteiger partial charge in [-0.05, 0) is 105 Å². The number of ether oxygens (including phenoxy) is 1. The number of amides is 2. The number of nitrogens with zero attached hydrogens (tertiary/aromatic N) is 3. The molecule has 4 aliphatic rings. The lowest BCUT2D eigenvalue weighted by Crippen LogP contribution is -2.55. The molecule has 0 aromatic heterocycles. The molecule has 47 heavy (non-hydrogen) atoms. The summed E-state index contributed by atoms with van der Waals surface area (Å²) in [4.78, 5) is 35.0. The van der Waals surface area contributed by atoms with Crippen molar-refractivity contribution in [2.75, 3.05) is 6.54 Å². The monoisotopic (exact) mass is 637 g/mol. The Hall–Kier alpha value is -4.44. The maximum atomic E-state index is 14.6. The van der Waals surface area contributed by atoms with E-state index in [1.807, 2.05) is 60.7 Å². The number of amidine groups is 1. The summed E-state index contributed by atoms with van der Waals surface area (Å²) in [7, 11) is 0. The van der Waals surface area contributed by atoms with E-state index in [9.17, 15) is 9.59 Å². The largest absolute Gasteiger partial charge is 0.489 e. The van der Waals surface area contributed by atoms with Gasteiger partial charge in [0.25, 0.3) is 5.91 Å². The number of carbonyl (C=O) groups is 2. The van der Waals surface area contributed by atoms with Crippen molar-refractivity contribution in [3.8, 4) is 5.75 Å². The number of hydrogen-bond acceptors (Lipinski definition) is 7. The van der Waals surface area contributed by atoms with Gasteiger partial charge in [0.05, 0.1) is 12.6 Å². The van der Waals surface area contributed by atoms with Gasteiger partial charge in [-0.15, -0.1) is 0 Å². The molecule has 2 aromatic rings. The second-order valence-electron chi connectivity index (χ2n) is 13.6. The summed E-state index contributed by atoms with van der Waals surface area (Å²) in [6.45, 7) is 5.18. The van der Waals surface area contributed by atoms with E-state index < -0.39 is 5.66 Å². The summed E-state index contributed by atoms with van der Waals surface area (Å²) >= 11 is 0. The van der Waals surface area contributed by atoms with Crippen LogP contribution >= 0.6 is 0 Å². The Bertz CT molecular complexity index is 1570. The zero-order chi connectivity index (χ0) is 33.0. The van der Waals surface area contributed by atoms with Crippen LogP contribution in [0.25, 0.3) is 0 Å².